The third-order valence-corrected chi connectivity index (χ3v) is 5.51. The van der Waals surface area contributed by atoms with E-state index in [1.807, 2.05) is 0 Å². The number of halogens is 1. The number of hydrogen-bond acceptors (Lipinski definition) is 4. The van der Waals surface area contributed by atoms with Crippen molar-refractivity contribution in [3.8, 4) is 0 Å². The molecule has 1 aliphatic rings. The van der Waals surface area contributed by atoms with Crippen LogP contribution < -0.4 is 5.73 Å². The Balaban J connectivity index is 2.08. The van der Waals surface area contributed by atoms with E-state index in [1.54, 1.807) is 24.3 Å². The maximum atomic E-state index is 12.4. The first-order chi connectivity index (χ1) is 9.39. The lowest BCUT2D eigenvalue weighted by atomic mass is 10.1. The van der Waals surface area contributed by atoms with Crippen LogP contribution in [0.1, 0.15) is 12.8 Å². The van der Waals surface area contributed by atoms with Crippen molar-refractivity contribution in [2.24, 2.45) is 5.73 Å². The van der Waals surface area contributed by atoms with Crippen LogP contribution in [0.4, 0.5) is 4.79 Å². The van der Waals surface area contributed by atoms with Crippen LogP contribution in [-0.4, -0.2) is 38.0 Å². The highest BCUT2D eigenvalue weighted by molar-refractivity contribution is 9.10. The van der Waals surface area contributed by atoms with Crippen molar-refractivity contribution in [2.75, 3.05) is 13.1 Å². The number of piperidine rings is 1. The van der Waals surface area contributed by atoms with Crippen LogP contribution in [0.2, 0.25) is 0 Å². The summed E-state index contributed by atoms with van der Waals surface area (Å²) in [6.07, 6.45) is -0.216. The van der Waals surface area contributed by atoms with Gasteiger partial charge < -0.3 is 10.5 Å². The van der Waals surface area contributed by atoms with Crippen LogP contribution in [0.5, 0.6) is 0 Å². The molecule has 1 aliphatic heterocycles. The molecule has 1 aromatic carbocycles. The molecule has 1 aromatic rings. The third kappa shape index (κ3) is 3.50. The van der Waals surface area contributed by atoms with E-state index in [1.165, 1.54) is 4.31 Å². The summed E-state index contributed by atoms with van der Waals surface area (Å²) in [4.78, 5) is 10.9. The van der Waals surface area contributed by atoms with E-state index in [0.29, 0.717) is 30.4 Å². The van der Waals surface area contributed by atoms with E-state index in [0.717, 1.165) is 0 Å². The number of amides is 1. The van der Waals surface area contributed by atoms with Crippen molar-refractivity contribution in [2.45, 2.75) is 23.8 Å². The summed E-state index contributed by atoms with van der Waals surface area (Å²) in [6.45, 7) is 0.625. The van der Waals surface area contributed by atoms with Gasteiger partial charge in [0.2, 0.25) is 10.0 Å². The normalized spacial score (nSPS) is 17.9. The summed E-state index contributed by atoms with van der Waals surface area (Å²) >= 11 is 3.26. The minimum atomic E-state index is -3.50. The Kier molecular flexibility index (Phi) is 4.66. The lowest BCUT2D eigenvalue weighted by Crippen LogP contribution is -2.41. The van der Waals surface area contributed by atoms with Crippen molar-refractivity contribution in [1.82, 2.24) is 4.31 Å². The van der Waals surface area contributed by atoms with Crippen LogP contribution in [-0.2, 0) is 14.8 Å². The molecule has 0 aliphatic carbocycles. The number of hydrogen-bond donors (Lipinski definition) is 1. The lowest BCUT2D eigenvalue weighted by Gasteiger charge is -2.30. The predicted octanol–water partition coefficient (Wildman–Crippen LogP) is 1.70. The van der Waals surface area contributed by atoms with Crippen LogP contribution in [0.25, 0.3) is 0 Å². The number of carbonyl (C=O) groups is 1. The van der Waals surface area contributed by atoms with Gasteiger partial charge in [0.25, 0.3) is 0 Å². The van der Waals surface area contributed by atoms with Crippen molar-refractivity contribution in [3.63, 3.8) is 0 Å². The zero-order valence-electron chi connectivity index (χ0n) is 10.7. The fraction of sp³-hybridized carbons (Fsp3) is 0.417. The summed E-state index contributed by atoms with van der Waals surface area (Å²) < 4.78 is 31.9. The first-order valence-corrected chi connectivity index (χ1v) is 8.35. The second-order valence-corrected chi connectivity index (χ2v) is 7.35. The molecule has 1 amide bonds. The molecule has 0 spiro atoms. The molecule has 0 atom stereocenters. The highest BCUT2D eigenvalue weighted by atomic mass is 79.9. The predicted molar refractivity (Wildman–Crippen MR) is 76.6 cm³/mol. The number of nitrogens with two attached hydrogens (primary N) is 1. The van der Waals surface area contributed by atoms with Gasteiger partial charge in [-0.2, -0.15) is 4.31 Å². The number of primary amides is 1. The monoisotopic (exact) mass is 362 g/mol. The smallest absolute Gasteiger partial charge is 0.404 e. The van der Waals surface area contributed by atoms with Gasteiger partial charge in [0.15, 0.2) is 0 Å². The van der Waals surface area contributed by atoms with Gasteiger partial charge in [0.05, 0.1) is 4.90 Å². The van der Waals surface area contributed by atoms with Gasteiger partial charge in [-0.25, -0.2) is 13.2 Å². The number of ether oxygens (including phenoxy) is 1. The van der Waals surface area contributed by atoms with Gasteiger partial charge in [-0.15, -0.1) is 0 Å². The maximum Gasteiger partial charge on any atom is 0.404 e. The minimum Gasteiger partial charge on any atom is -0.446 e. The first kappa shape index (κ1) is 15.3. The SMILES string of the molecule is NC(=O)OC1CCN(S(=O)(=O)c2cccc(Br)c2)CC1. The topological polar surface area (TPSA) is 89.7 Å². The van der Waals surface area contributed by atoms with E-state index in [9.17, 15) is 13.2 Å². The Bertz CT molecular complexity index is 597. The summed E-state index contributed by atoms with van der Waals surface area (Å²) in [5, 5.41) is 0. The van der Waals surface area contributed by atoms with E-state index in [4.69, 9.17) is 10.5 Å². The van der Waals surface area contributed by atoms with Crippen molar-refractivity contribution < 1.29 is 17.9 Å². The third-order valence-electron chi connectivity index (χ3n) is 3.12. The minimum absolute atomic E-state index is 0.251. The molecule has 6 nitrogen and oxygen atoms in total. The zero-order valence-corrected chi connectivity index (χ0v) is 13.1. The average Bonchev–Trinajstić information content (AvgIpc) is 2.38. The Hall–Kier alpha value is -1.12. The van der Waals surface area contributed by atoms with Crippen LogP contribution in [0.15, 0.2) is 33.6 Å². The first-order valence-electron chi connectivity index (χ1n) is 6.11. The molecular weight excluding hydrogens is 348 g/mol. The van der Waals surface area contributed by atoms with E-state index in [2.05, 4.69) is 15.9 Å². The summed E-state index contributed by atoms with van der Waals surface area (Å²) in [5.74, 6) is 0. The molecule has 0 aromatic heterocycles. The fourth-order valence-corrected chi connectivity index (χ4v) is 4.20. The second-order valence-electron chi connectivity index (χ2n) is 4.50. The number of carbonyl (C=O) groups excluding carboxylic acids is 1. The zero-order chi connectivity index (χ0) is 14.8. The highest BCUT2D eigenvalue weighted by Gasteiger charge is 2.30. The van der Waals surface area contributed by atoms with Crippen molar-refractivity contribution >= 4 is 32.0 Å². The van der Waals surface area contributed by atoms with Gasteiger partial charge in [-0.3, -0.25) is 0 Å². The van der Waals surface area contributed by atoms with Gasteiger partial charge in [-0.05, 0) is 31.0 Å². The Labute approximate surface area is 126 Å². The van der Waals surface area contributed by atoms with E-state index in [-0.39, 0.29) is 11.0 Å². The quantitative estimate of drug-likeness (QED) is 0.885. The molecule has 1 saturated heterocycles. The Morgan fingerprint density at radius 3 is 2.55 bits per heavy atom. The van der Waals surface area contributed by atoms with Crippen molar-refractivity contribution in [3.05, 3.63) is 28.7 Å². The molecule has 8 heteroatoms. The molecule has 20 heavy (non-hydrogen) atoms. The second kappa shape index (κ2) is 6.11. The molecule has 0 bridgehead atoms. The Morgan fingerprint density at radius 2 is 2.00 bits per heavy atom. The molecule has 2 rings (SSSR count). The number of rotatable bonds is 3. The van der Waals surface area contributed by atoms with Gasteiger partial charge in [0, 0.05) is 17.6 Å². The molecule has 2 N–H and O–H groups in total. The number of nitrogens with zero attached hydrogens (tertiary/aromatic N) is 1. The largest absolute Gasteiger partial charge is 0.446 e. The van der Waals surface area contributed by atoms with Crippen LogP contribution in [0, 0.1) is 0 Å². The molecular formula is C12H15BrN2O4S. The fourth-order valence-electron chi connectivity index (χ4n) is 2.13. The summed E-state index contributed by atoms with van der Waals surface area (Å²) in [7, 11) is -3.50. The van der Waals surface area contributed by atoms with Gasteiger partial charge >= 0.3 is 6.09 Å². The lowest BCUT2D eigenvalue weighted by molar-refractivity contribution is 0.0741. The number of benzene rings is 1. The summed E-state index contributed by atoms with van der Waals surface area (Å²) in [6, 6.07) is 6.58. The van der Waals surface area contributed by atoms with Crippen molar-refractivity contribution in [1.29, 1.82) is 0 Å². The van der Waals surface area contributed by atoms with Gasteiger partial charge in [-0.1, -0.05) is 22.0 Å². The molecule has 1 heterocycles. The molecule has 0 radical (unpaired) electrons. The maximum absolute atomic E-state index is 12.4. The molecule has 0 saturated carbocycles. The standard InChI is InChI=1S/C12H15BrN2O4S/c13-9-2-1-3-11(8-9)20(17,18)15-6-4-10(5-7-15)19-12(14)16/h1-3,8,10H,4-7H2,(H2,14,16). The van der Waals surface area contributed by atoms with Crippen LogP contribution in [0.3, 0.4) is 0 Å². The Morgan fingerprint density at radius 1 is 1.35 bits per heavy atom. The number of sulfonamides is 1. The van der Waals surface area contributed by atoms with Crippen LogP contribution >= 0.6 is 15.9 Å². The van der Waals surface area contributed by atoms with E-state index >= 15 is 0 Å². The summed E-state index contributed by atoms with van der Waals surface area (Å²) in [5.41, 5.74) is 4.95. The molecule has 0 unspecified atom stereocenters. The van der Waals surface area contributed by atoms with Gasteiger partial charge in [0.1, 0.15) is 6.10 Å². The molecule has 1 fully saturated rings. The average molecular weight is 363 g/mol. The van der Waals surface area contributed by atoms with E-state index < -0.39 is 16.1 Å². The highest BCUT2D eigenvalue weighted by Crippen LogP contribution is 2.24. The molecule has 110 valence electrons.